The molecule has 0 saturated heterocycles. The molecule has 0 aromatic carbocycles. The Balaban J connectivity index is 0. The fraction of sp³-hybridized carbons (Fsp3) is 0.944. The van der Waals surface area contributed by atoms with E-state index in [0.717, 1.165) is 6.92 Å². The van der Waals surface area contributed by atoms with Crippen molar-refractivity contribution in [1.82, 2.24) is 0 Å². The van der Waals surface area contributed by atoms with Crippen LogP contribution in [0.15, 0.2) is 0 Å². The normalized spacial score (nSPS) is 11.8. The molecule has 0 aromatic heterocycles. The first kappa shape index (κ1) is 22.7. The second kappa shape index (κ2) is 12.0. The lowest BCUT2D eigenvalue weighted by Crippen LogP contribution is -2.37. The van der Waals surface area contributed by atoms with Gasteiger partial charge in [-0.15, -0.1) is 0 Å². The van der Waals surface area contributed by atoms with Gasteiger partial charge in [0.15, 0.2) is 0 Å². The lowest BCUT2D eigenvalue weighted by Gasteiger charge is -2.36. The van der Waals surface area contributed by atoms with Gasteiger partial charge in [0.25, 0.3) is 5.97 Å². The number of unbranched alkanes of at least 4 members (excludes halogenated alkanes) is 4. The molecule has 1 N–H and O–H groups in total. The summed E-state index contributed by atoms with van der Waals surface area (Å²) in [6.45, 7) is 14.5. The average molecular weight is 302 g/mol. The van der Waals surface area contributed by atoms with Gasteiger partial charge in [0.1, 0.15) is 0 Å². The van der Waals surface area contributed by atoms with Crippen molar-refractivity contribution in [3.05, 3.63) is 0 Å². The SMILES string of the molecule is CC(=O)O.CCCCCC(C)(C)OC(C)(C)CCCCC. The van der Waals surface area contributed by atoms with Crippen LogP contribution >= 0.6 is 0 Å². The smallest absolute Gasteiger partial charge is 0.300 e. The topological polar surface area (TPSA) is 46.5 Å². The van der Waals surface area contributed by atoms with Crippen LogP contribution in [-0.4, -0.2) is 22.3 Å². The van der Waals surface area contributed by atoms with Gasteiger partial charge in [0.2, 0.25) is 0 Å². The van der Waals surface area contributed by atoms with Crippen molar-refractivity contribution in [1.29, 1.82) is 0 Å². The average Bonchev–Trinajstić information content (AvgIpc) is 2.26. The van der Waals surface area contributed by atoms with E-state index in [-0.39, 0.29) is 11.2 Å². The Labute approximate surface area is 132 Å². The number of carbonyl (C=O) groups is 1. The van der Waals surface area contributed by atoms with Crippen molar-refractivity contribution in [2.24, 2.45) is 0 Å². The number of ether oxygens (including phenoxy) is 1. The van der Waals surface area contributed by atoms with E-state index in [1.165, 1.54) is 51.4 Å². The Kier molecular flexibility index (Phi) is 13.0. The zero-order valence-corrected chi connectivity index (χ0v) is 15.4. The van der Waals surface area contributed by atoms with Crippen LogP contribution in [-0.2, 0) is 9.53 Å². The van der Waals surface area contributed by atoms with Gasteiger partial charge in [-0.05, 0) is 40.5 Å². The van der Waals surface area contributed by atoms with Gasteiger partial charge >= 0.3 is 0 Å². The van der Waals surface area contributed by atoms with Gasteiger partial charge in [-0.2, -0.15) is 0 Å². The third kappa shape index (κ3) is 19.4. The lowest BCUT2D eigenvalue weighted by atomic mass is 9.95. The fourth-order valence-corrected chi connectivity index (χ4v) is 2.45. The molecular weight excluding hydrogens is 264 g/mol. The van der Waals surface area contributed by atoms with Crippen LogP contribution in [0.5, 0.6) is 0 Å². The summed E-state index contributed by atoms with van der Waals surface area (Å²) >= 11 is 0. The number of hydrogen-bond donors (Lipinski definition) is 1. The van der Waals surface area contributed by atoms with Gasteiger partial charge < -0.3 is 9.84 Å². The highest BCUT2D eigenvalue weighted by Crippen LogP contribution is 2.28. The largest absolute Gasteiger partial charge is 0.481 e. The summed E-state index contributed by atoms with van der Waals surface area (Å²) < 4.78 is 6.32. The van der Waals surface area contributed by atoms with Crippen LogP contribution in [0.3, 0.4) is 0 Å². The van der Waals surface area contributed by atoms with Crippen molar-refractivity contribution in [3.63, 3.8) is 0 Å². The molecule has 0 amide bonds. The first-order chi connectivity index (χ1) is 9.56. The van der Waals surface area contributed by atoms with Gasteiger partial charge in [-0.3, -0.25) is 4.79 Å². The van der Waals surface area contributed by atoms with Gasteiger partial charge in [0.05, 0.1) is 11.2 Å². The van der Waals surface area contributed by atoms with Crippen LogP contribution in [0.4, 0.5) is 0 Å². The molecule has 0 atom stereocenters. The minimum Gasteiger partial charge on any atom is -0.481 e. The third-order valence-electron chi connectivity index (χ3n) is 3.32. The first-order valence-electron chi connectivity index (χ1n) is 8.46. The molecule has 0 bridgehead atoms. The number of rotatable bonds is 10. The number of carboxylic acids is 1. The maximum atomic E-state index is 9.00. The first-order valence-corrected chi connectivity index (χ1v) is 8.46. The highest BCUT2D eigenvalue weighted by atomic mass is 16.5. The summed E-state index contributed by atoms with van der Waals surface area (Å²) in [6.07, 6.45) is 10.2. The summed E-state index contributed by atoms with van der Waals surface area (Å²) in [5, 5.41) is 7.42. The number of carboxylic acid groups (broad SMARTS) is 1. The van der Waals surface area contributed by atoms with E-state index in [2.05, 4.69) is 41.5 Å². The molecule has 128 valence electrons. The van der Waals surface area contributed by atoms with Crippen LogP contribution in [0.25, 0.3) is 0 Å². The Bertz CT molecular complexity index is 233. The molecule has 0 aliphatic rings. The highest BCUT2D eigenvalue weighted by molar-refractivity contribution is 5.62. The Morgan fingerprint density at radius 3 is 1.38 bits per heavy atom. The predicted octanol–water partition coefficient (Wildman–Crippen LogP) is 5.81. The van der Waals surface area contributed by atoms with E-state index in [0.29, 0.717) is 0 Å². The zero-order chi connectivity index (χ0) is 16.9. The molecule has 0 aliphatic heterocycles. The van der Waals surface area contributed by atoms with Gasteiger partial charge in [-0.25, -0.2) is 0 Å². The van der Waals surface area contributed by atoms with E-state index in [1.54, 1.807) is 0 Å². The molecule has 0 unspecified atom stereocenters. The second-order valence-electron chi connectivity index (χ2n) is 7.05. The number of aliphatic carboxylic acids is 1. The van der Waals surface area contributed by atoms with Crippen LogP contribution in [0, 0.1) is 0 Å². The standard InChI is InChI=1S/C16H34O.C2H4O2/c1-7-9-11-13-15(3,4)17-16(5,6)14-12-10-8-2;1-2(3)4/h7-14H2,1-6H3;1H3,(H,3,4). The molecule has 0 aliphatic carbocycles. The summed E-state index contributed by atoms with van der Waals surface area (Å²) in [5.74, 6) is -0.833. The van der Waals surface area contributed by atoms with Gasteiger partial charge in [0, 0.05) is 6.92 Å². The molecule has 0 heterocycles. The maximum Gasteiger partial charge on any atom is 0.300 e. The fourth-order valence-electron chi connectivity index (χ4n) is 2.45. The van der Waals surface area contributed by atoms with Gasteiger partial charge in [-0.1, -0.05) is 52.4 Å². The minimum absolute atomic E-state index is 0.0326. The lowest BCUT2D eigenvalue weighted by molar-refractivity contribution is -0.134. The third-order valence-corrected chi connectivity index (χ3v) is 3.32. The summed E-state index contributed by atoms with van der Waals surface area (Å²) in [6, 6.07) is 0. The molecule has 0 aromatic rings. The second-order valence-corrected chi connectivity index (χ2v) is 7.05. The van der Waals surface area contributed by atoms with E-state index in [4.69, 9.17) is 14.6 Å². The molecule has 0 rings (SSSR count). The Morgan fingerprint density at radius 1 is 0.857 bits per heavy atom. The van der Waals surface area contributed by atoms with Crippen molar-refractivity contribution < 1.29 is 14.6 Å². The molecule has 3 heteroatoms. The highest BCUT2D eigenvalue weighted by Gasteiger charge is 2.28. The molecule has 0 saturated carbocycles. The molecule has 0 radical (unpaired) electrons. The van der Waals surface area contributed by atoms with E-state index in [1.807, 2.05) is 0 Å². The van der Waals surface area contributed by atoms with Crippen LogP contribution < -0.4 is 0 Å². The molecule has 3 nitrogen and oxygen atoms in total. The van der Waals surface area contributed by atoms with Crippen molar-refractivity contribution in [3.8, 4) is 0 Å². The maximum absolute atomic E-state index is 9.00. The summed E-state index contributed by atoms with van der Waals surface area (Å²) in [7, 11) is 0. The summed E-state index contributed by atoms with van der Waals surface area (Å²) in [5.41, 5.74) is 0.0652. The van der Waals surface area contributed by atoms with E-state index < -0.39 is 5.97 Å². The predicted molar refractivity (Wildman–Crippen MR) is 90.8 cm³/mol. The van der Waals surface area contributed by atoms with Crippen molar-refractivity contribution in [2.45, 2.75) is 111 Å². The molecule has 0 spiro atoms. The summed E-state index contributed by atoms with van der Waals surface area (Å²) in [4.78, 5) is 9.00. The van der Waals surface area contributed by atoms with Crippen LogP contribution in [0.2, 0.25) is 0 Å². The van der Waals surface area contributed by atoms with Crippen LogP contribution in [0.1, 0.15) is 99.8 Å². The molecule has 0 fully saturated rings. The van der Waals surface area contributed by atoms with E-state index >= 15 is 0 Å². The van der Waals surface area contributed by atoms with E-state index in [9.17, 15) is 0 Å². The van der Waals surface area contributed by atoms with Crippen molar-refractivity contribution in [2.75, 3.05) is 0 Å². The minimum atomic E-state index is -0.833. The quantitative estimate of drug-likeness (QED) is 0.518. The molecule has 21 heavy (non-hydrogen) atoms. The van der Waals surface area contributed by atoms with Crippen molar-refractivity contribution >= 4 is 5.97 Å². The number of hydrogen-bond acceptors (Lipinski definition) is 2. The monoisotopic (exact) mass is 302 g/mol. The Morgan fingerprint density at radius 2 is 1.14 bits per heavy atom. The zero-order valence-electron chi connectivity index (χ0n) is 15.4. The Hall–Kier alpha value is -0.570. The molecular formula is C18H38O3.